The highest BCUT2D eigenvalue weighted by molar-refractivity contribution is 6.33. The quantitative estimate of drug-likeness (QED) is 0.837. The van der Waals surface area contributed by atoms with Crippen molar-refractivity contribution in [3.8, 4) is 5.75 Å². The first kappa shape index (κ1) is 13.8. The number of halogens is 1. The van der Waals surface area contributed by atoms with Crippen LogP contribution in [0.25, 0.3) is 0 Å². The Kier molecular flexibility index (Phi) is 4.69. The van der Waals surface area contributed by atoms with Gasteiger partial charge in [-0.1, -0.05) is 48.9 Å². The van der Waals surface area contributed by atoms with Crippen molar-refractivity contribution in [3.05, 3.63) is 59.1 Å². The zero-order valence-corrected chi connectivity index (χ0v) is 11.9. The van der Waals surface area contributed by atoms with Gasteiger partial charge in [0.05, 0.1) is 23.9 Å². The van der Waals surface area contributed by atoms with E-state index in [1.54, 1.807) is 7.11 Å². The number of anilines is 1. The molecule has 2 aromatic rings. The third-order valence-corrected chi connectivity index (χ3v) is 3.44. The van der Waals surface area contributed by atoms with Crippen molar-refractivity contribution in [3.63, 3.8) is 0 Å². The van der Waals surface area contributed by atoms with E-state index in [4.69, 9.17) is 16.3 Å². The molecular weight excluding hydrogens is 258 g/mol. The lowest BCUT2D eigenvalue weighted by Gasteiger charge is -2.20. The predicted molar refractivity (Wildman–Crippen MR) is 81.1 cm³/mol. The van der Waals surface area contributed by atoms with Crippen molar-refractivity contribution in [2.75, 3.05) is 12.4 Å². The molecule has 0 saturated carbocycles. The zero-order chi connectivity index (χ0) is 13.7. The fourth-order valence-corrected chi connectivity index (χ4v) is 2.21. The predicted octanol–water partition coefficient (Wildman–Crippen LogP) is 4.91. The van der Waals surface area contributed by atoms with Gasteiger partial charge in [-0.15, -0.1) is 0 Å². The van der Waals surface area contributed by atoms with Crippen LogP contribution in [-0.4, -0.2) is 7.11 Å². The van der Waals surface area contributed by atoms with Crippen LogP contribution in [0.4, 0.5) is 5.69 Å². The normalized spacial score (nSPS) is 11.9. The minimum atomic E-state index is 0.241. The molecule has 0 amide bonds. The number of benzene rings is 2. The fraction of sp³-hybridized carbons (Fsp3) is 0.250. The SMILES string of the molecule is CCC(Nc1cc(OC)ccc1Cl)c1ccccc1. The second kappa shape index (κ2) is 6.48. The fourth-order valence-electron chi connectivity index (χ4n) is 2.04. The smallest absolute Gasteiger partial charge is 0.121 e. The molecule has 0 radical (unpaired) electrons. The first-order valence-electron chi connectivity index (χ1n) is 6.39. The Labute approximate surface area is 119 Å². The molecule has 2 aromatic carbocycles. The average molecular weight is 276 g/mol. The van der Waals surface area contributed by atoms with E-state index in [0.717, 1.165) is 17.9 Å². The minimum absolute atomic E-state index is 0.241. The summed E-state index contributed by atoms with van der Waals surface area (Å²) in [6.07, 6.45) is 0.984. The van der Waals surface area contributed by atoms with Crippen LogP contribution >= 0.6 is 11.6 Å². The topological polar surface area (TPSA) is 21.3 Å². The summed E-state index contributed by atoms with van der Waals surface area (Å²) in [5.74, 6) is 0.801. The number of hydrogen-bond acceptors (Lipinski definition) is 2. The molecule has 2 rings (SSSR count). The van der Waals surface area contributed by atoms with E-state index in [1.165, 1.54) is 5.56 Å². The number of nitrogens with one attached hydrogen (secondary N) is 1. The summed E-state index contributed by atoms with van der Waals surface area (Å²) < 4.78 is 5.23. The second-order valence-electron chi connectivity index (χ2n) is 4.36. The number of rotatable bonds is 5. The van der Waals surface area contributed by atoms with E-state index in [2.05, 4.69) is 24.4 Å². The van der Waals surface area contributed by atoms with Gasteiger partial charge in [0.1, 0.15) is 5.75 Å². The molecule has 1 N–H and O–H groups in total. The zero-order valence-electron chi connectivity index (χ0n) is 11.2. The molecule has 0 fully saturated rings. The van der Waals surface area contributed by atoms with E-state index in [1.807, 2.05) is 36.4 Å². The maximum atomic E-state index is 6.22. The third-order valence-electron chi connectivity index (χ3n) is 3.11. The summed E-state index contributed by atoms with van der Waals surface area (Å²) in [7, 11) is 1.65. The van der Waals surface area contributed by atoms with Crippen LogP contribution < -0.4 is 10.1 Å². The van der Waals surface area contributed by atoms with Crippen LogP contribution in [0.5, 0.6) is 5.75 Å². The molecule has 0 aliphatic carbocycles. The standard InChI is InChI=1S/C16H18ClNO/c1-3-15(12-7-5-4-6-8-12)18-16-11-13(19-2)9-10-14(16)17/h4-11,15,18H,3H2,1-2H3. The van der Waals surface area contributed by atoms with Crippen LogP contribution in [0, 0.1) is 0 Å². The molecule has 0 aliphatic heterocycles. The molecule has 100 valence electrons. The Morgan fingerprint density at radius 1 is 1.16 bits per heavy atom. The summed E-state index contributed by atoms with van der Waals surface area (Å²) in [4.78, 5) is 0. The third kappa shape index (κ3) is 3.42. The summed E-state index contributed by atoms with van der Waals surface area (Å²) in [5, 5.41) is 4.18. The monoisotopic (exact) mass is 275 g/mol. The summed E-state index contributed by atoms with van der Waals surface area (Å²) in [5.41, 5.74) is 2.15. The molecule has 0 heterocycles. The maximum absolute atomic E-state index is 6.22. The van der Waals surface area contributed by atoms with E-state index >= 15 is 0 Å². The van der Waals surface area contributed by atoms with Gasteiger partial charge in [0.25, 0.3) is 0 Å². The van der Waals surface area contributed by atoms with Crippen molar-refractivity contribution in [1.82, 2.24) is 0 Å². The Balaban J connectivity index is 2.23. The van der Waals surface area contributed by atoms with E-state index in [9.17, 15) is 0 Å². The Morgan fingerprint density at radius 2 is 1.89 bits per heavy atom. The van der Waals surface area contributed by atoms with Gasteiger partial charge in [-0.05, 0) is 24.1 Å². The molecule has 0 saturated heterocycles. The molecular formula is C16H18ClNO. The lowest BCUT2D eigenvalue weighted by molar-refractivity contribution is 0.415. The van der Waals surface area contributed by atoms with E-state index in [0.29, 0.717) is 5.02 Å². The largest absolute Gasteiger partial charge is 0.497 e. The highest BCUT2D eigenvalue weighted by Gasteiger charge is 2.11. The van der Waals surface area contributed by atoms with Crippen molar-refractivity contribution in [2.24, 2.45) is 0 Å². The van der Waals surface area contributed by atoms with Crippen LogP contribution in [0.3, 0.4) is 0 Å². The molecule has 1 unspecified atom stereocenters. The van der Waals surface area contributed by atoms with Gasteiger partial charge in [-0.3, -0.25) is 0 Å². The van der Waals surface area contributed by atoms with Crippen molar-refractivity contribution in [1.29, 1.82) is 0 Å². The lowest BCUT2D eigenvalue weighted by Crippen LogP contribution is -2.09. The molecule has 0 aliphatic rings. The Bertz CT molecular complexity index is 528. The number of methoxy groups -OCH3 is 1. The molecule has 0 spiro atoms. The van der Waals surface area contributed by atoms with Crippen LogP contribution in [0.15, 0.2) is 48.5 Å². The molecule has 2 nitrogen and oxygen atoms in total. The van der Waals surface area contributed by atoms with Crippen LogP contribution in [0.1, 0.15) is 24.9 Å². The van der Waals surface area contributed by atoms with E-state index < -0.39 is 0 Å². The van der Waals surface area contributed by atoms with Gasteiger partial charge in [0.2, 0.25) is 0 Å². The molecule has 1 atom stereocenters. The van der Waals surface area contributed by atoms with Gasteiger partial charge in [-0.25, -0.2) is 0 Å². The maximum Gasteiger partial charge on any atom is 0.121 e. The lowest BCUT2D eigenvalue weighted by atomic mass is 10.0. The number of ether oxygens (including phenoxy) is 1. The van der Waals surface area contributed by atoms with Crippen molar-refractivity contribution < 1.29 is 4.74 Å². The van der Waals surface area contributed by atoms with Crippen LogP contribution in [-0.2, 0) is 0 Å². The van der Waals surface area contributed by atoms with Crippen LogP contribution in [0.2, 0.25) is 5.02 Å². The molecule has 19 heavy (non-hydrogen) atoms. The van der Waals surface area contributed by atoms with Gasteiger partial charge in [-0.2, -0.15) is 0 Å². The van der Waals surface area contributed by atoms with Crippen molar-refractivity contribution >= 4 is 17.3 Å². The van der Waals surface area contributed by atoms with Gasteiger partial charge < -0.3 is 10.1 Å². The molecule has 0 aromatic heterocycles. The minimum Gasteiger partial charge on any atom is -0.497 e. The first-order valence-corrected chi connectivity index (χ1v) is 6.77. The second-order valence-corrected chi connectivity index (χ2v) is 4.77. The summed E-state index contributed by atoms with van der Waals surface area (Å²) in [6.45, 7) is 2.15. The molecule has 0 bridgehead atoms. The highest BCUT2D eigenvalue weighted by atomic mass is 35.5. The number of hydrogen-bond donors (Lipinski definition) is 1. The highest BCUT2D eigenvalue weighted by Crippen LogP contribution is 2.31. The first-order chi connectivity index (χ1) is 9.24. The van der Waals surface area contributed by atoms with E-state index in [-0.39, 0.29) is 6.04 Å². The van der Waals surface area contributed by atoms with Gasteiger partial charge in [0.15, 0.2) is 0 Å². The summed E-state index contributed by atoms with van der Waals surface area (Å²) >= 11 is 6.22. The van der Waals surface area contributed by atoms with Crippen molar-refractivity contribution in [2.45, 2.75) is 19.4 Å². The molecule has 3 heteroatoms. The average Bonchev–Trinajstić information content (AvgIpc) is 2.47. The van der Waals surface area contributed by atoms with Gasteiger partial charge >= 0.3 is 0 Å². The Hall–Kier alpha value is -1.67. The Morgan fingerprint density at radius 3 is 2.53 bits per heavy atom. The summed E-state index contributed by atoms with van der Waals surface area (Å²) in [6, 6.07) is 16.2. The van der Waals surface area contributed by atoms with Gasteiger partial charge in [0, 0.05) is 6.07 Å².